The lowest BCUT2D eigenvalue weighted by atomic mass is 9.89. The molecule has 2 aromatic rings. The van der Waals surface area contributed by atoms with Crippen molar-refractivity contribution >= 4 is 5.97 Å². The minimum atomic E-state index is -1.11. The Kier molecular flexibility index (Phi) is 6.67. The van der Waals surface area contributed by atoms with Crippen molar-refractivity contribution in [1.29, 1.82) is 0 Å². The molecule has 0 bridgehead atoms. The highest BCUT2D eigenvalue weighted by atomic mass is 19.1. The fourth-order valence-corrected chi connectivity index (χ4v) is 2.92. The van der Waals surface area contributed by atoms with Gasteiger partial charge in [-0.3, -0.25) is 4.79 Å². The second-order valence-corrected chi connectivity index (χ2v) is 7.70. The van der Waals surface area contributed by atoms with Crippen LogP contribution in [0, 0.1) is 5.82 Å². The van der Waals surface area contributed by atoms with Gasteiger partial charge in [-0.25, -0.2) is 9.07 Å². The van der Waals surface area contributed by atoms with Crippen LogP contribution in [0.2, 0.25) is 0 Å². The smallest absolute Gasteiger partial charge is 0.305 e. The largest absolute Gasteiger partial charge is 0.481 e. The molecule has 27 heavy (non-hydrogen) atoms. The van der Waals surface area contributed by atoms with Crippen LogP contribution in [-0.2, 0) is 16.6 Å². The highest BCUT2D eigenvalue weighted by Gasteiger charge is 2.26. The van der Waals surface area contributed by atoms with Gasteiger partial charge in [0.05, 0.1) is 35.7 Å². The number of carboxylic acids is 1. The molecule has 0 aliphatic carbocycles. The highest BCUT2D eigenvalue weighted by Crippen LogP contribution is 2.27. The molecule has 2 atom stereocenters. The van der Waals surface area contributed by atoms with Gasteiger partial charge in [-0.05, 0) is 43.5 Å². The van der Waals surface area contributed by atoms with Crippen molar-refractivity contribution in [3.8, 4) is 5.69 Å². The average molecular weight is 379 g/mol. The Morgan fingerprint density at radius 2 is 1.81 bits per heavy atom. The summed E-state index contributed by atoms with van der Waals surface area (Å²) in [6.07, 6.45) is -1.63. The number of carbonyl (C=O) groups is 1. The van der Waals surface area contributed by atoms with Gasteiger partial charge in [0.25, 0.3) is 0 Å². The molecule has 1 aromatic carbocycles. The molecule has 0 radical (unpaired) electrons. The van der Waals surface area contributed by atoms with Gasteiger partial charge in [-0.15, -0.1) is 5.10 Å². The number of carboxylic acid groups (broad SMARTS) is 1. The number of aliphatic hydroxyl groups excluding tert-OH is 2. The summed E-state index contributed by atoms with van der Waals surface area (Å²) < 4.78 is 14.8. The maximum atomic E-state index is 13.2. The minimum absolute atomic E-state index is 0.0186. The van der Waals surface area contributed by atoms with E-state index in [-0.39, 0.29) is 17.7 Å². The third kappa shape index (κ3) is 5.83. The standard InChI is InChI=1S/C19H26FN3O4/c1-19(2,3)18-16(9-8-14(24)10-15(25)11-17(26)27)23(22-21-18)13-6-4-12(20)5-7-13/h4-7,14-15,24-25H,8-11H2,1-3H3,(H,26,27). The van der Waals surface area contributed by atoms with Gasteiger partial charge in [0, 0.05) is 5.41 Å². The quantitative estimate of drug-likeness (QED) is 0.649. The Bertz CT molecular complexity index is 768. The van der Waals surface area contributed by atoms with Crippen molar-refractivity contribution in [3.05, 3.63) is 41.5 Å². The van der Waals surface area contributed by atoms with E-state index in [2.05, 4.69) is 10.3 Å². The SMILES string of the molecule is CC(C)(C)c1nnn(-c2ccc(F)cc2)c1CCC(O)CC(O)CC(=O)O. The number of aliphatic carboxylic acids is 1. The lowest BCUT2D eigenvalue weighted by Crippen LogP contribution is -2.22. The van der Waals surface area contributed by atoms with Crippen LogP contribution < -0.4 is 0 Å². The highest BCUT2D eigenvalue weighted by molar-refractivity contribution is 5.67. The van der Waals surface area contributed by atoms with Crippen LogP contribution in [-0.4, -0.2) is 48.5 Å². The van der Waals surface area contributed by atoms with E-state index in [0.29, 0.717) is 18.5 Å². The van der Waals surface area contributed by atoms with Crippen LogP contribution in [0.1, 0.15) is 51.4 Å². The Morgan fingerprint density at radius 1 is 1.19 bits per heavy atom. The molecule has 2 unspecified atom stereocenters. The van der Waals surface area contributed by atoms with Crippen molar-refractivity contribution in [2.24, 2.45) is 0 Å². The van der Waals surface area contributed by atoms with Crippen LogP contribution >= 0.6 is 0 Å². The van der Waals surface area contributed by atoms with Crippen LogP contribution in [0.25, 0.3) is 5.69 Å². The molecule has 1 aromatic heterocycles. The predicted octanol–water partition coefficient (Wildman–Crippen LogP) is 2.22. The van der Waals surface area contributed by atoms with Gasteiger partial charge < -0.3 is 15.3 Å². The monoisotopic (exact) mass is 379 g/mol. The van der Waals surface area contributed by atoms with Gasteiger partial charge >= 0.3 is 5.97 Å². The molecule has 2 rings (SSSR count). The zero-order valence-electron chi connectivity index (χ0n) is 15.8. The molecule has 0 amide bonds. The molecule has 0 saturated carbocycles. The van der Waals surface area contributed by atoms with Crippen LogP contribution in [0.3, 0.4) is 0 Å². The van der Waals surface area contributed by atoms with Gasteiger partial charge in [0.15, 0.2) is 0 Å². The number of aromatic nitrogens is 3. The van der Waals surface area contributed by atoms with E-state index in [0.717, 1.165) is 11.4 Å². The van der Waals surface area contributed by atoms with Gasteiger partial charge in [-0.2, -0.15) is 0 Å². The topological polar surface area (TPSA) is 108 Å². The average Bonchev–Trinajstić information content (AvgIpc) is 2.97. The summed E-state index contributed by atoms with van der Waals surface area (Å²) >= 11 is 0. The first-order chi connectivity index (χ1) is 12.6. The molecule has 0 aliphatic rings. The molecule has 3 N–H and O–H groups in total. The van der Waals surface area contributed by atoms with E-state index >= 15 is 0 Å². The fraction of sp³-hybridized carbons (Fsp3) is 0.526. The van der Waals surface area contributed by atoms with Gasteiger partial charge in [-0.1, -0.05) is 26.0 Å². The van der Waals surface area contributed by atoms with Crippen LogP contribution in [0.5, 0.6) is 0 Å². The third-order valence-corrected chi connectivity index (χ3v) is 4.21. The van der Waals surface area contributed by atoms with Crippen molar-refractivity contribution in [1.82, 2.24) is 15.0 Å². The first-order valence-corrected chi connectivity index (χ1v) is 8.87. The van der Waals surface area contributed by atoms with Gasteiger partial charge in [0.1, 0.15) is 5.82 Å². The number of hydrogen-bond donors (Lipinski definition) is 3. The Balaban J connectivity index is 2.19. The van der Waals surface area contributed by atoms with Gasteiger partial charge in [0.2, 0.25) is 0 Å². The van der Waals surface area contributed by atoms with Crippen LogP contribution in [0.15, 0.2) is 24.3 Å². The molecule has 0 fully saturated rings. The van der Waals surface area contributed by atoms with E-state index in [1.165, 1.54) is 12.1 Å². The van der Waals surface area contributed by atoms with E-state index in [9.17, 15) is 19.4 Å². The molecular formula is C19H26FN3O4. The number of aliphatic hydroxyl groups is 2. The summed E-state index contributed by atoms with van der Waals surface area (Å²) in [4.78, 5) is 10.6. The number of halogens is 1. The maximum Gasteiger partial charge on any atom is 0.305 e. The molecule has 0 spiro atoms. The van der Waals surface area contributed by atoms with Crippen molar-refractivity contribution < 1.29 is 24.5 Å². The zero-order chi connectivity index (χ0) is 20.2. The second-order valence-electron chi connectivity index (χ2n) is 7.70. The Hall–Kier alpha value is -2.32. The molecular weight excluding hydrogens is 353 g/mol. The van der Waals surface area contributed by atoms with Crippen molar-refractivity contribution in [2.75, 3.05) is 0 Å². The molecule has 8 heteroatoms. The summed E-state index contributed by atoms with van der Waals surface area (Å²) in [6, 6.07) is 5.89. The second kappa shape index (κ2) is 8.58. The molecule has 0 saturated heterocycles. The maximum absolute atomic E-state index is 13.2. The summed E-state index contributed by atoms with van der Waals surface area (Å²) in [5.41, 5.74) is 1.95. The van der Waals surface area contributed by atoms with Crippen molar-refractivity contribution in [2.45, 2.75) is 64.1 Å². The van der Waals surface area contributed by atoms with E-state index in [1.54, 1.807) is 16.8 Å². The molecule has 0 aliphatic heterocycles. The first kappa shape index (κ1) is 21.0. The van der Waals surface area contributed by atoms with Crippen molar-refractivity contribution in [3.63, 3.8) is 0 Å². The fourth-order valence-electron chi connectivity index (χ4n) is 2.92. The van der Waals surface area contributed by atoms with E-state index < -0.39 is 24.6 Å². The normalized spacial score (nSPS) is 14.1. The number of rotatable bonds is 8. The minimum Gasteiger partial charge on any atom is -0.481 e. The Morgan fingerprint density at radius 3 is 2.37 bits per heavy atom. The summed E-state index contributed by atoms with van der Waals surface area (Å²) in [7, 11) is 0. The third-order valence-electron chi connectivity index (χ3n) is 4.21. The molecule has 1 heterocycles. The molecule has 7 nitrogen and oxygen atoms in total. The Labute approximate surface area is 157 Å². The predicted molar refractivity (Wildman–Crippen MR) is 97.2 cm³/mol. The molecule has 148 valence electrons. The first-order valence-electron chi connectivity index (χ1n) is 8.87. The number of benzene rings is 1. The number of hydrogen-bond acceptors (Lipinski definition) is 5. The zero-order valence-corrected chi connectivity index (χ0v) is 15.8. The lowest BCUT2D eigenvalue weighted by Gasteiger charge is -2.19. The summed E-state index contributed by atoms with van der Waals surface area (Å²) in [5, 5.41) is 37.0. The lowest BCUT2D eigenvalue weighted by molar-refractivity contribution is -0.139. The van der Waals surface area contributed by atoms with E-state index in [1.807, 2.05) is 20.8 Å². The van der Waals surface area contributed by atoms with E-state index in [4.69, 9.17) is 5.11 Å². The summed E-state index contributed by atoms with van der Waals surface area (Å²) in [5.74, 6) is -1.46. The van der Waals surface area contributed by atoms with Crippen LogP contribution in [0.4, 0.5) is 4.39 Å². The summed E-state index contributed by atoms with van der Waals surface area (Å²) in [6.45, 7) is 6.01. The number of nitrogens with zero attached hydrogens (tertiary/aromatic N) is 3.